The highest BCUT2D eigenvalue weighted by Gasteiger charge is 2.11. The van der Waals surface area contributed by atoms with Crippen LogP contribution in [0.1, 0.15) is 23.0 Å². The molecule has 0 aliphatic heterocycles. The maximum Gasteiger partial charge on any atom is 0.296 e. The third-order valence-electron chi connectivity index (χ3n) is 2.84. The predicted octanol–water partition coefficient (Wildman–Crippen LogP) is 3.77. The van der Waals surface area contributed by atoms with Gasteiger partial charge in [-0.05, 0) is 25.0 Å². The highest BCUT2D eigenvalue weighted by molar-refractivity contribution is 7.59. The highest BCUT2D eigenvalue weighted by Crippen LogP contribution is 2.16. The van der Waals surface area contributed by atoms with Crippen LogP contribution in [0.15, 0.2) is 54.6 Å². The van der Waals surface area contributed by atoms with Gasteiger partial charge in [0, 0.05) is 5.56 Å². The molecule has 0 aromatic heterocycles. The van der Waals surface area contributed by atoms with Gasteiger partial charge in [0.2, 0.25) is 0 Å². The smallest absolute Gasteiger partial charge is 0.296 e. The molecule has 1 atom stereocenters. The molecule has 1 unspecified atom stereocenters. The van der Waals surface area contributed by atoms with Gasteiger partial charge in [0.25, 0.3) is 19.0 Å². The minimum Gasteiger partial charge on any atom is -0.422 e. The maximum absolute atomic E-state index is 10.1. The molecule has 2 aromatic carbocycles. The number of carbonyl (C=O) groups excluding carboxylic acids is 1. The molecule has 22 heavy (non-hydrogen) atoms. The van der Waals surface area contributed by atoms with Gasteiger partial charge in [-0.15, -0.1) is 0 Å². The number of benzene rings is 2. The van der Waals surface area contributed by atoms with Gasteiger partial charge >= 0.3 is 0 Å². The number of rotatable bonds is 4. The summed E-state index contributed by atoms with van der Waals surface area (Å²) in [5.41, 5.74) is 3.36. The summed E-state index contributed by atoms with van der Waals surface area (Å²) in [4.78, 5) is 10.1. The molecule has 2 aromatic rings. The number of aryl methyl sites for hydroxylation is 2. The van der Waals surface area contributed by atoms with Gasteiger partial charge in [-0.1, -0.05) is 54.6 Å². The highest BCUT2D eigenvalue weighted by atomic mass is 32.1. The first kappa shape index (κ1) is 19.6. The zero-order chi connectivity index (χ0) is 15.5. The van der Waals surface area contributed by atoms with Crippen molar-refractivity contribution in [2.75, 3.05) is 0 Å². The van der Waals surface area contributed by atoms with Crippen LogP contribution in [0.4, 0.5) is 0 Å². The number of nitrogens with zero attached hydrogens (tertiary/aromatic N) is 1. The SMILES string of the molecule is Cc1ccccc1C.N#COC(OC=O)c1ccccc1.S. The second-order valence-electron chi connectivity index (χ2n) is 4.27. The normalized spacial score (nSPS) is 9.86. The number of ether oxygens (including phenoxy) is 2. The van der Waals surface area contributed by atoms with E-state index in [2.05, 4.69) is 47.6 Å². The van der Waals surface area contributed by atoms with Crippen molar-refractivity contribution in [1.29, 1.82) is 5.26 Å². The van der Waals surface area contributed by atoms with Crippen molar-refractivity contribution in [3.05, 3.63) is 71.3 Å². The Labute approximate surface area is 137 Å². The molecule has 5 heteroatoms. The lowest BCUT2D eigenvalue weighted by Crippen LogP contribution is -2.04. The van der Waals surface area contributed by atoms with Crippen LogP contribution >= 0.6 is 13.5 Å². The molecule has 0 spiro atoms. The van der Waals surface area contributed by atoms with Crippen molar-refractivity contribution in [1.82, 2.24) is 0 Å². The van der Waals surface area contributed by atoms with E-state index >= 15 is 0 Å². The average Bonchev–Trinajstić information content (AvgIpc) is 2.52. The fourth-order valence-corrected chi connectivity index (χ4v) is 1.55. The van der Waals surface area contributed by atoms with Crippen LogP contribution in [-0.4, -0.2) is 6.47 Å². The van der Waals surface area contributed by atoms with E-state index in [4.69, 9.17) is 5.26 Å². The van der Waals surface area contributed by atoms with Crippen LogP contribution in [0.3, 0.4) is 0 Å². The molecule has 0 fully saturated rings. The molecule has 0 saturated carbocycles. The molecule has 0 radical (unpaired) electrons. The molecule has 0 saturated heterocycles. The zero-order valence-corrected chi connectivity index (χ0v) is 13.5. The van der Waals surface area contributed by atoms with Gasteiger partial charge in [-0.3, -0.25) is 4.79 Å². The van der Waals surface area contributed by atoms with E-state index in [1.54, 1.807) is 24.3 Å². The summed E-state index contributed by atoms with van der Waals surface area (Å²) in [6.07, 6.45) is 0.526. The molecule has 4 nitrogen and oxygen atoms in total. The summed E-state index contributed by atoms with van der Waals surface area (Å²) in [7, 11) is 0. The summed E-state index contributed by atoms with van der Waals surface area (Å²) in [6.45, 7) is 4.49. The van der Waals surface area contributed by atoms with Gasteiger partial charge < -0.3 is 9.47 Å². The van der Waals surface area contributed by atoms with E-state index in [-0.39, 0.29) is 20.0 Å². The Morgan fingerprint density at radius 2 is 1.50 bits per heavy atom. The summed E-state index contributed by atoms with van der Waals surface area (Å²) in [6, 6.07) is 17.1. The van der Waals surface area contributed by atoms with E-state index in [1.165, 1.54) is 17.4 Å². The monoisotopic (exact) mass is 317 g/mol. The molecule has 0 heterocycles. The molecule has 2 rings (SSSR count). The summed E-state index contributed by atoms with van der Waals surface area (Å²) in [5, 5.41) is 8.26. The van der Waals surface area contributed by atoms with Crippen LogP contribution in [0.25, 0.3) is 0 Å². The Hall–Kier alpha value is -2.45. The number of carbonyl (C=O) groups is 1. The zero-order valence-electron chi connectivity index (χ0n) is 12.5. The maximum atomic E-state index is 10.1. The fourth-order valence-electron chi connectivity index (χ4n) is 1.55. The Morgan fingerprint density at radius 3 is 1.91 bits per heavy atom. The van der Waals surface area contributed by atoms with Gasteiger partial charge in [0.15, 0.2) is 0 Å². The van der Waals surface area contributed by atoms with Crippen LogP contribution < -0.4 is 0 Å². The lowest BCUT2D eigenvalue weighted by molar-refractivity contribution is -0.152. The van der Waals surface area contributed by atoms with Gasteiger partial charge in [-0.25, -0.2) is 0 Å². The Morgan fingerprint density at radius 1 is 1.00 bits per heavy atom. The molecule has 0 amide bonds. The second-order valence-corrected chi connectivity index (χ2v) is 4.27. The number of nitriles is 1. The molecule has 116 valence electrons. The summed E-state index contributed by atoms with van der Waals surface area (Å²) >= 11 is 0. The largest absolute Gasteiger partial charge is 0.422 e. The van der Waals surface area contributed by atoms with Crippen molar-refractivity contribution >= 4 is 20.0 Å². The Balaban J connectivity index is 0.000000423. The standard InChI is InChI=1S/C9H7NO3.C8H10.H2S/c10-6-12-9(13-7-11)8-4-2-1-3-5-8;1-7-5-3-4-6-8(7)2;/h1-5,7,9H;3-6H,1-2H3;1H2. The third kappa shape index (κ3) is 6.82. The van der Waals surface area contributed by atoms with Crippen molar-refractivity contribution in [2.45, 2.75) is 20.1 Å². The van der Waals surface area contributed by atoms with E-state index in [0.717, 1.165) is 0 Å². The van der Waals surface area contributed by atoms with E-state index in [9.17, 15) is 4.79 Å². The second kappa shape index (κ2) is 11.2. The first-order valence-corrected chi connectivity index (χ1v) is 6.40. The van der Waals surface area contributed by atoms with Crippen molar-refractivity contribution in [3.63, 3.8) is 0 Å². The lowest BCUT2D eigenvalue weighted by Gasteiger charge is -2.10. The van der Waals surface area contributed by atoms with Crippen molar-refractivity contribution in [3.8, 4) is 6.26 Å². The molecule has 0 aliphatic rings. The van der Waals surface area contributed by atoms with E-state index < -0.39 is 6.29 Å². The van der Waals surface area contributed by atoms with Crippen LogP contribution in [0, 0.1) is 25.4 Å². The topological polar surface area (TPSA) is 59.3 Å². The molecule has 0 bridgehead atoms. The number of hydrogen-bond donors (Lipinski definition) is 0. The Kier molecular flexibility index (Phi) is 9.98. The third-order valence-corrected chi connectivity index (χ3v) is 2.84. The first-order chi connectivity index (χ1) is 10.2. The van der Waals surface area contributed by atoms with Gasteiger partial charge in [0.1, 0.15) is 0 Å². The summed E-state index contributed by atoms with van der Waals surface area (Å²) < 4.78 is 9.06. The van der Waals surface area contributed by atoms with Gasteiger partial charge in [0.05, 0.1) is 0 Å². The van der Waals surface area contributed by atoms with Crippen molar-refractivity contribution < 1.29 is 14.3 Å². The van der Waals surface area contributed by atoms with Gasteiger partial charge in [-0.2, -0.15) is 18.8 Å². The fraction of sp³-hybridized carbons (Fsp3) is 0.176. The minimum atomic E-state index is -0.941. The van der Waals surface area contributed by atoms with E-state index in [1.807, 2.05) is 6.07 Å². The lowest BCUT2D eigenvalue weighted by atomic mass is 10.1. The Bertz CT molecular complexity index is 575. The predicted molar refractivity (Wildman–Crippen MR) is 89.3 cm³/mol. The van der Waals surface area contributed by atoms with Crippen LogP contribution in [0.2, 0.25) is 0 Å². The molecule has 0 aliphatic carbocycles. The molecular weight excluding hydrogens is 298 g/mol. The first-order valence-electron chi connectivity index (χ1n) is 6.40. The average molecular weight is 317 g/mol. The van der Waals surface area contributed by atoms with Crippen LogP contribution in [0.5, 0.6) is 0 Å². The van der Waals surface area contributed by atoms with E-state index in [0.29, 0.717) is 5.56 Å². The molecular formula is C17H19NO3S. The number of hydrogen-bond acceptors (Lipinski definition) is 4. The quantitative estimate of drug-likeness (QED) is 0.489. The minimum absolute atomic E-state index is 0. The van der Waals surface area contributed by atoms with Crippen LogP contribution in [-0.2, 0) is 14.3 Å². The van der Waals surface area contributed by atoms with Crippen molar-refractivity contribution in [2.24, 2.45) is 0 Å². The summed E-state index contributed by atoms with van der Waals surface area (Å²) in [5.74, 6) is 0. The molecule has 0 N–H and O–H groups in total.